The Balaban J connectivity index is 1.40. The maximum Gasteiger partial charge on any atom is 0.255 e. The molecule has 3 amide bonds. The van der Waals surface area contributed by atoms with Gasteiger partial charge in [-0.2, -0.15) is 0 Å². The van der Waals surface area contributed by atoms with Crippen LogP contribution in [0, 0.1) is 5.92 Å². The summed E-state index contributed by atoms with van der Waals surface area (Å²) in [5.74, 6) is -0.123. The summed E-state index contributed by atoms with van der Waals surface area (Å²) in [6.45, 7) is 1.77. The third-order valence-electron chi connectivity index (χ3n) is 6.63. The third kappa shape index (κ3) is 4.21. The number of carbonyl (C=O) groups excluding carboxylic acids is 3. The molecule has 1 aromatic rings. The van der Waals surface area contributed by atoms with E-state index in [1.165, 1.54) is 32.1 Å². The molecule has 0 bridgehead atoms. The lowest BCUT2D eigenvalue weighted by Gasteiger charge is -2.30. The molecule has 1 unspecified atom stereocenters. The van der Waals surface area contributed by atoms with Gasteiger partial charge in [-0.25, -0.2) is 0 Å². The lowest BCUT2D eigenvalue weighted by molar-refractivity contribution is -0.136. The van der Waals surface area contributed by atoms with Crippen molar-refractivity contribution in [2.75, 3.05) is 6.54 Å². The predicted molar refractivity (Wildman–Crippen MR) is 109 cm³/mol. The number of carbonyl (C=O) groups is 3. The minimum absolute atomic E-state index is 0.129. The first-order valence-corrected chi connectivity index (χ1v) is 10.8. The van der Waals surface area contributed by atoms with Crippen molar-refractivity contribution in [3.8, 4) is 0 Å². The molecule has 7 nitrogen and oxygen atoms in total. The van der Waals surface area contributed by atoms with Crippen LogP contribution in [0.3, 0.4) is 0 Å². The van der Waals surface area contributed by atoms with E-state index in [0.29, 0.717) is 37.0 Å². The van der Waals surface area contributed by atoms with Gasteiger partial charge in [-0.05, 0) is 42.4 Å². The van der Waals surface area contributed by atoms with Gasteiger partial charge in [0.2, 0.25) is 11.8 Å². The van der Waals surface area contributed by atoms with E-state index in [2.05, 4.69) is 16.7 Å². The van der Waals surface area contributed by atoms with Gasteiger partial charge in [0.1, 0.15) is 6.04 Å². The van der Waals surface area contributed by atoms with Crippen molar-refractivity contribution in [1.29, 1.82) is 0 Å². The van der Waals surface area contributed by atoms with E-state index in [-0.39, 0.29) is 24.1 Å². The van der Waals surface area contributed by atoms with Crippen LogP contribution in [0.2, 0.25) is 0 Å². The molecule has 4 N–H and O–H groups in total. The second-order valence-corrected chi connectivity index (χ2v) is 8.51. The van der Waals surface area contributed by atoms with Gasteiger partial charge in [0, 0.05) is 37.7 Å². The lowest BCUT2D eigenvalue weighted by atomic mass is 9.84. The zero-order valence-corrected chi connectivity index (χ0v) is 16.8. The lowest BCUT2D eigenvalue weighted by Crippen LogP contribution is -2.52. The van der Waals surface area contributed by atoms with Crippen LogP contribution in [0.25, 0.3) is 0 Å². The van der Waals surface area contributed by atoms with Crippen molar-refractivity contribution in [1.82, 2.24) is 15.5 Å². The first-order valence-electron chi connectivity index (χ1n) is 10.8. The third-order valence-corrected chi connectivity index (χ3v) is 6.63. The van der Waals surface area contributed by atoms with E-state index in [4.69, 9.17) is 5.73 Å². The maximum absolute atomic E-state index is 12.8. The first-order chi connectivity index (χ1) is 14.1. The van der Waals surface area contributed by atoms with Crippen LogP contribution in [-0.4, -0.2) is 41.2 Å². The number of rotatable bonds is 6. The van der Waals surface area contributed by atoms with E-state index in [0.717, 1.165) is 17.7 Å². The topological polar surface area (TPSA) is 105 Å². The number of nitrogens with two attached hydrogens (primary N) is 1. The number of benzene rings is 1. The van der Waals surface area contributed by atoms with Crippen LogP contribution in [0.1, 0.15) is 66.4 Å². The Bertz CT molecular complexity index is 803. The number of nitrogens with zero attached hydrogens (tertiary/aromatic N) is 1. The molecular weight excluding hydrogens is 368 g/mol. The molecule has 4 rings (SSSR count). The summed E-state index contributed by atoms with van der Waals surface area (Å²) in [5, 5.41) is 5.96. The quantitative estimate of drug-likeness (QED) is 0.629. The number of piperidine rings is 1. The monoisotopic (exact) mass is 398 g/mol. The zero-order valence-electron chi connectivity index (χ0n) is 16.8. The highest BCUT2D eigenvalue weighted by Gasteiger charge is 2.39. The molecule has 29 heavy (non-hydrogen) atoms. The average molecular weight is 399 g/mol. The summed E-state index contributed by atoms with van der Waals surface area (Å²) in [6.07, 6.45) is 7.06. The molecule has 2 fully saturated rings. The van der Waals surface area contributed by atoms with Crippen LogP contribution >= 0.6 is 0 Å². The first kappa shape index (κ1) is 20.0. The Labute approximate surface area is 171 Å². The normalized spacial score (nSPS) is 23.8. The summed E-state index contributed by atoms with van der Waals surface area (Å²) in [5.41, 5.74) is 8.74. The molecule has 1 aromatic carbocycles. The molecule has 2 aliphatic heterocycles. The molecule has 1 saturated carbocycles. The van der Waals surface area contributed by atoms with E-state index >= 15 is 0 Å². The van der Waals surface area contributed by atoms with Gasteiger partial charge >= 0.3 is 0 Å². The molecule has 7 heteroatoms. The Hall–Kier alpha value is -2.25. The fraction of sp³-hybridized carbons (Fsp3) is 0.591. The molecular formula is C22H30N4O3. The van der Waals surface area contributed by atoms with Gasteiger partial charge in [-0.1, -0.05) is 31.4 Å². The van der Waals surface area contributed by atoms with Crippen molar-refractivity contribution in [3.63, 3.8) is 0 Å². The van der Waals surface area contributed by atoms with E-state index in [1.54, 1.807) is 4.90 Å². The summed E-state index contributed by atoms with van der Waals surface area (Å²) in [6, 6.07) is 5.65. The Morgan fingerprint density at radius 2 is 1.93 bits per heavy atom. The number of imide groups is 1. The fourth-order valence-electron chi connectivity index (χ4n) is 4.97. The highest BCUT2D eigenvalue weighted by atomic mass is 16.2. The number of hydrogen-bond acceptors (Lipinski definition) is 5. The Morgan fingerprint density at radius 3 is 2.66 bits per heavy atom. The predicted octanol–water partition coefficient (Wildman–Crippen LogP) is 1.44. The molecule has 2 heterocycles. The SMILES string of the molecule is NC[C@H](NCc1ccc2c(c1)CN(C1CCC(=O)NC1=O)C2=O)C1CCCCC1. The summed E-state index contributed by atoms with van der Waals surface area (Å²) in [7, 11) is 0. The largest absolute Gasteiger partial charge is 0.329 e. The van der Waals surface area contributed by atoms with Crippen molar-refractivity contribution in [3.05, 3.63) is 34.9 Å². The van der Waals surface area contributed by atoms with Gasteiger partial charge < -0.3 is 16.0 Å². The number of fused-ring (bicyclic) bond motifs is 1. The van der Waals surface area contributed by atoms with Crippen LogP contribution in [-0.2, 0) is 22.7 Å². The van der Waals surface area contributed by atoms with E-state index in [1.807, 2.05) is 12.1 Å². The molecule has 0 radical (unpaired) electrons. The zero-order chi connectivity index (χ0) is 20.4. The molecule has 2 atom stereocenters. The summed E-state index contributed by atoms with van der Waals surface area (Å²) < 4.78 is 0. The molecule has 1 saturated heterocycles. The molecule has 1 aliphatic carbocycles. The fourth-order valence-corrected chi connectivity index (χ4v) is 4.97. The van der Waals surface area contributed by atoms with Crippen LogP contribution in [0.4, 0.5) is 0 Å². The minimum Gasteiger partial charge on any atom is -0.329 e. The minimum atomic E-state index is -0.568. The van der Waals surface area contributed by atoms with Crippen LogP contribution in [0.5, 0.6) is 0 Å². The van der Waals surface area contributed by atoms with E-state index < -0.39 is 6.04 Å². The number of nitrogens with one attached hydrogen (secondary N) is 2. The van der Waals surface area contributed by atoms with Gasteiger partial charge in [-0.3, -0.25) is 19.7 Å². The summed E-state index contributed by atoms with van der Waals surface area (Å²) in [4.78, 5) is 37.9. The summed E-state index contributed by atoms with van der Waals surface area (Å²) >= 11 is 0. The maximum atomic E-state index is 12.8. The standard InChI is InChI=1S/C22H30N4O3/c23-11-18(15-4-2-1-3-5-15)24-12-14-6-7-17-16(10-14)13-26(22(17)29)19-8-9-20(27)25-21(19)28/h6-7,10,15,18-19,24H,1-5,8-9,11-13,23H2,(H,25,27,28)/t18-,19?/m0/s1. The molecule has 0 spiro atoms. The van der Waals surface area contributed by atoms with Crippen molar-refractivity contribution >= 4 is 17.7 Å². The molecule has 156 valence electrons. The van der Waals surface area contributed by atoms with E-state index in [9.17, 15) is 14.4 Å². The molecule has 3 aliphatic rings. The van der Waals surface area contributed by atoms with Crippen molar-refractivity contribution < 1.29 is 14.4 Å². The number of amides is 3. The highest BCUT2D eigenvalue weighted by molar-refractivity contribution is 6.05. The van der Waals surface area contributed by atoms with Gasteiger partial charge in [0.15, 0.2) is 0 Å². The van der Waals surface area contributed by atoms with Crippen LogP contribution in [0.15, 0.2) is 18.2 Å². The second kappa shape index (κ2) is 8.63. The van der Waals surface area contributed by atoms with Crippen molar-refractivity contribution in [2.45, 2.75) is 70.1 Å². The van der Waals surface area contributed by atoms with Crippen LogP contribution < -0.4 is 16.4 Å². The molecule has 0 aromatic heterocycles. The Kier molecular flexibility index (Phi) is 5.96. The average Bonchev–Trinajstić information content (AvgIpc) is 3.05. The smallest absolute Gasteiger partial charge is 0.255 e. The van der Waals surface area contributed by atoms with Gasteiger partial charge in [0.05, 0.1) is 0 Å². The van der Waals surface area contributed by atoms with Gasteiger partial charge in [-0.15, -0.1) is 0 Å². The second-order valence-electron chi connectivity index (χ2n) is 8.51. The van der Waals surface area contributed by atoms with Crippen molar-refractivity contribution in [2.24, 2.45) is 11.7 Å². The Morgan fingerprint density at radius 1 is 1.14 bits per heavy atom. The number of hydrogen-bond donors (Lipinski definition) is 3. The van der Waals surface area contributed by atoms with Gasteiger partial charge in [0.25, 0.3) is 5.91 Å². The highest BCUT2D eigenvalue weighted by Crippen LogP contribution is 2.29.